The van der Waals surface area contributed by atoms with E-state index in [4.69, 9.17) is 5.02 Å². The largest absolute Gasteiger partial charge is 0.450 e. The van der Waals surface area contributed by atoms with Crippen LogP contribution in [0, 0.1) is 0 Å². The Morgan fingerprint density at radius 3 is 2.88 bits per heavy atom. The third-order valence-electron chi connectivity index (χ3n) is 0.996. The molecule has 2 heteroatoms. The molecule has 0 saturated carbocycles. The van der Waals surface area contributed by atoms with E-state index in [-0.39, 0.29) is 7.48 Å². The van der Waals surface area contributed by atoms with E-state index in [9.17, 15) is 0 Å². The van der Waals surface area contributed by atoms with Gasteiger partial charge in [0.2, 0.25) is 0 Å². The molecule has 0 fully saturated rings. The zero-order valence-corrected chi connectivity index (χ0v) is 5.43. The molecular weight excluding hydrogens is 98.9 g/mol. The number of rotatable bonds is 4. The molecular formula is C6H13BO. The third kappa shape index (κ3) is 5.76. The predicted octanol–water partition coefficient (Wildman–Crippen LogP) is 1.03. The van der Waals surface area contributed by atoms with Crippen LogP contribution in [-0.2, 0) is 0 Å². The van der Waals surface area contributed by atoms with Gasteiger partial charge in [-0.05, 0) is 6.42 Å². The van der Waals surface area contributed by atoms with Crippen molar-refractivity contribution in [2.24, 2.45) is 0 Å². The Balaban J connectivity index is 2.80. The summed E-state index contributed by atoms with van der Waals surface area (Å²) >= 11 is 0. The number of hydrogen-bond donors (Lipinski definition) is 1. The van der Waals surface area contributed by atoms with Crippen molar-refractivity contribution in [3.8, 4) is 0 Å². The molecule has 0 aromatic carbocycles. The molecule has 8 heavy (non-hydrogen) atoms. The van der Waals surface area contributed by atoms with Gasteiger partial charge >= 0.3 is 0 Å². The Morgan fingerprint density at radius 1 is 1.62 bits per heavy atom. The lowest BCUT2D eigenvalue weighted by Crippen LogP contribution is -1.77. The average molecular weight is 112 g/mol. The topological polar surface area (TPSA) is 20.2 Å². The minimum atomic E-state index is 0.184. The lowest BCUT2D eigenvalue weighted by atomic mass is 10.0. The quantitative estimate of drug-likeness (QED) is 0.425. The first kappa shape index (κ1) is 7.76. The highest BCUT2D eigenvalue weighted by atomic mass is 16.2. The summed E-state index contributed by atoms with van der Waals surface area (Å²) in [6.07, 6.45) is 5.59. The Hall–Kier alpha value is -0.235. The Bertz CT molecular complexity index is 61.5. The van der Waals surface area contributed by atoms with Crippen LogP contribution in [0.1, 0.15) is 26.2 Å². The molecule has 0 aliphatic heterocycles. The van der Waals surface area contributed by atoms with Gasteiger partial charge in [0.25, 0.3) is 7.48 Å². The summed E-state index contributed by atoms with van der Waals surface area (Å²) in [5, 5.41) is 8.28. The van der Waals surface area contributed by atoms with Crippen LogP contribution in [0.3, 0.4) is 0 Å². The Morgan fingerprint density at radius 2 is 2.38 bits per heavy atom. The minimum absolute atomic E-state index is 0.184. The van der Waals surface area contributed by atoms with Crippen LogP contribution >= 0.6 is 0 Å². The average Bonchev–Trinajstić information content (AvgIpc) is 1.81. The van der Waals surface area contributed by atoms with E-state index < -0.39 is 0 Å². The van der Waals surface area contributed by atoms with E-state index in [0.29, 0.717) is 0 Å². The maximum atomic E-state index is 8.28. The van der Waals surface area contributed by atoms with Gasteiger partial charge in [0.15, 0.2) is 0 Å². The van der Waals surface area contributed by atoms with Gasteiger partial charge in [-0.3, -0.25) is 0 Å². The summed E-state index contributed by atoms with van der Waals surface area (Å²) in [7, 11) is 0.184. The van der Waals surface area contributed by atoms with Crippen molar-refractivity contribution in [3.05, 3.63) is 12.1 Å². The van der Waals surface area contributed by atoms with Crippen LogP contribution in [-0.4, -0.2) is 12.5 Å². The van der Waals surface area contributed by atoms with E-state index in [1.54, 1.807) is 5.98 Å². The fourth-order valence-corrected chi connectivity index (χ4v) is 0.514. The van der Waals surface area contributed by atoms with E-state index in [2.05, 4.69) is 6.92 Å². The highest BCUT2D eigenvalue weighted by molar-refractivity contribution is 6.32. The first-order chi connectivity index (χ1) is 3.91. The van der Waals surface area contributed by atoms with Gasteiger partial charge in [-0.2, -0.15) is 0 Å². The summed E-state index contributed by atoms with van der Waals surface area (Å²) in [6, 6.07) is 0. The van der Waals surface area contributed by atoms with Crippen molar-refractivity contribution in [2.45, 2.75) is 26.2 Å². The summed E-state index contributed by atoms with van der Waals surface area (Å²) in [5.41, 5.74) is 0. The molecule has 0 unspecified atom stereocenters. The lowest BCUT2D eigenvalue weighted by molar-refractivity contribution is 0.614. The molecule has 0 spiro atoms. The predicted molar refractivity (Wildman–Crippen MR) is 38.0 cm³/mol. The first-order valence-corrected chi connectivity index (χ1v) is 3.17. The zero-order valence-electron chi connectivity index (χ0n) is 5.43. The van der Waals surface area contributed by atoms with Gasteiger partial charge in [0.05, 0.1) is 0 Å². The first-order valence-electron chi connectivity index (χ1n) is 3.17. The van der Waals surface area contributed by atoms with Crippen LogP contribution in [0.5, 0.6) is 0 Å². The molecule has 0 heterocycles. The van der Waals surface area contributed by atoms with Crippen molar-refractivity contribution in [2.75, 3.05) is 0 Å². The van der Waals surface area contributed by atoms with Crippen LogP contribution in [0.25, 0.3) is 0 Å². The van der Waals surface area contributed by atoms with Crippen LogP contribution in [0.15, 0.2) is 12.1 Å². The molecule has 1 N–H and O–H groups in total. The van der Waals surface area contributed by atoms with Gasteiger partial charge in [-0.15, -0.1) is 0 Å². The standard InChI is InChI=1S/C6H13BO/c1-2-3-4-5-6-7-8/h5-8H,2-4H2,1H3/b6-5+. The van der Waals surface area contributed by atoms with E-state index in [1.165, 1.54) is 12.8 Å². The van der Waals surface area contributed by atoms with E-state index in [0.717, 1.165) is 6.42 Å². The summed E-state index contributed by atoms with van der Waals surface area (Å²) in [5.74, 6) is 1.79. The molecule has 0 atom stereocenters. The maximum absolute atomic E-state index is 8.28. The van der Waals surface area contributed by atoms with Gasteiger partial charge in [0, 0.05) is 0 Å². The van der Waals surface area contributed by atoms with E-state index in [1.807, 2.05) is 6.08 Å². The molecule has 0 bridgehead atoms. The minimum Gasteiger partial charge on any atom is -0.450 e. The molecule has 0 aliphatic carbocycles. The number of allylic oxidation sites excluding steroid dienone is 1. The second-order valence-corrected chi connectivity index (χ2v) is 1.80. The van der Waals surface area contributed by atoms with Gasteiger partial charge in [-0.1, -0.05) is 31.8 Å². The smallest absolute Gasteiger partial charge is 0.297 e. The van der Waals surface area contributed by atoms with Crippen LogP contribution in [0.2, 0.25) is 0 Å². The Labute approximate surface area is 51.7 Å². The van der Waals surface area contributed by atoms with E-state index >= 15 is 0 Å². The zero-order chi connectivity index (χ0) is 6.24. The normalized spacial score (nSPS) is 10.2. The molecule has 0 aromatic heterocycles. The van der Waals surface area contributed by atoms with Gasteiger partial charge < -0.3 is 5.02 Å². The van der Waals surface area contributed by atoms with Crippen molar-refractivity contribution in [3.63, 3.8) is 0 Å². The second-order valence-electron chi connectivity index (χ2n) is 1.80. The summed E-state index contributed by atoms with van der Waals surface area (Å²) in [4.78, 5) is 0. The monoisotopic (exact) mass is 112 g/mol. The van der Waals surface area contributed by atoms with Gasteiger partial charge in [-0.25, -0.2) is 0 Å². The molecule has 0 saturated heterocycles. The summed E-state index contributed by atoms with van der Waals surface area (Å²) in [6.45, 7) is 2.16. The fraction of sp³-hybridized carbons (Fsp3) is 0.667. The lowest BCUT2D eigenvalue weighted by Gasteiger charge is -1.84. The molecule has 0 amide bonds. The van der Waals surface area contributed by atoms with Crippen LogP contribution < -0.4 is 0 Å². The highest BCUT2D eigenvalue weighted by Crippen LogP contribution is 1.93. The molecule has 0 radical (unpaired) electrons. The van der Waals surface area contributed by atoms with Crippen molar-refractivity contribution < 1.29 is 5.02 Å². The molecule has 0 rings (SSSR count). The van der Waals surface area contributed by atoms with Gasteiger partial charge in [0.1, 0.15) is 0 Å². The fourth-order valence-electron chi connectivity index (χ4n) is 0.514. The van der Waals surface area contributed by atoms with Crippen LogP contribution in [0.4, 0.5) is 0 Å². The third-order valence-corrected chi connectivity index (χ3v) is 0.996. The number of hydrogen-bond acceptors (Lipinski definition) is 1. The molecule has 1 nitrogen and oxygen atoms in total. The van der Waals surface area contributed by atoms with Crippen molar-refractivity contribution in [1.82, 2.24) is 0 Å². The SMILES string of the molecule is CCCC/C=C/BO. The molecule has 0 aliphatic rings. The van der Waals surface area contributed by atoms with Crippen molar-refractivity contribution in [1.29, 1.82) is 0 Å². The number of unbranched alkanes of at least 4 members (excludes halogenated alkanes) is 2. The molecule has 0 aromatic rings. The maximum Gasteiger partial charge on any atom is 0.297 e. The highest BCUT2D eigenvalue weighted by Gasteiger charge is 1.76. The summed E-state index contributed by atoms with van der Waals surface area (Å²) < 4.78 is 0. The molecule has 46 valence electrons. The van der Waals surface area contributed by atoms with Crippen molar-refractivity contribution >= 4 is 7.48 Å². The Kier molecular flexibility index (Phi) is 6.57. The second kappa shape index (κ2) is 6.76.